The second-order valence-corrected chi connectivity index (χ2v) is 6.74. The van der Waals surface area contributed by atoms with Crippen molar-refractivity contribution in [2.75, 3.05) is 5.73 Å². The van der Waals surface area contributed by atoms with Gasteiger partial charge >= 0.3 is 0 Å². The summed E-state index contributed by atoms with van der Waals surface area (Å²) in [5, 5.41) is 4.45. The van der Waals surface area contributed by atoms with Crippen LogP contribution in [0.15, 0.2) is 36.5 Å². The number of aryl methyl sites for hydroxylation is 1. The molecule has 1 aliphatic rings. The van der Waals surface area contributed by atoms with E-state index in [2.05, 4.69) is 10.1 Å². The van der Waals surface area contributed by atoms with E-state index in [1.54, 1.807) is 17.0 Å². The van der Waals surface area contributed by atoms with Crippen molar-refractivity contribution in [2.45, 2.75) is 33.0 Å². The molecule has 0 saturated heterocycles. The van der Waals surface area contributed by atoms with Crippen LogP contribution in [0, 0.1) is 11.6 Å². The number of anilines is 1. The molecule has 3 aromatic rings. The van der Waals surface area contributed by atoms with Gasteiger partial charge in [0.15, 0.2) is 0 Å². The third kappa shape index (κ3) is 3.33. The number of amides is 1. The number of fused-ring (bicyclic) bond motifs is 1. The molecular formula is C20H19F2N5O. The average Bonchev–Trinajstić information content (AvgIpc) is 3.22. The molecule has 3 heterocycles. The van der Waals surface area contributed by atoms with Gasteiger partial charge in [-0.1, -0.05) is 0 Å². The third-order valence-electron chi connectivity index (χ3n) is 4.84. The predicted molar refractivity (Wildman–Crippen MR) is 99.9 cm³/mol. The molecule has 0 fully saturated rings. The number of benzene rings is 1. The van der Waals surface area contributed by atoms with Crippen LogP contribution in [-0.2, 0) is 30.8 Å². The summed E-state index contributed by atoms with van der Waals surface area (Å²) in [4.78, 5) is 18.8. The molecule has 0 bridgehead atoms. The number of rotatable bonds is 4. The Labute approximate surface area is 160 Å². The summed E-state index contributed by atoms with van der Waals surface area (Å²) in [5.74, 6) is -1.50. The normalized spacial score (nSPS) is 13.0. The first-order valence-electron chi connectivity index (χ1n) is 8.98. The minimum atomic E-state index is -0.715. The molecule has 28 heavy (non-hydrogen) atoms. The van der Waals surface area contributed by atoms with E-state index in [0.29, 0.717) is 30.2 Å². The molecule has 0 saturated carbocycles. The van der Waals surface area contributed by atoms with Crippen LogP contribution < -0.4 is 5.73 Å². The van der Waals surface area contributed by atoms with Crippen LogP contribution in [0.5, 0.6) is 0 Å². The Morgan fingerprint density at radius 1 is 1.21 bits per heavy atom. The Kier molecular flexibility index (Phi) is 4.54. The number of hydrogen-bond acceptors (Lipinski definition) is 4. The third-order valence-corrected chi connectivity index (χ3v) is 4.84. The van der Waals surface area contributed by atoms with Crippen LogP contribution in [0.2, 0.25) is 0 Å². The average molecular weight is 383 g/mol. The number of nitrogen functional groups attached to an aromatic ring is 1. The lowest BCUT2D eigenvalue weighted by molar-refractivity contribution is -0.131. The Bertz CT molecular complexity index is 1040. The van der Waals surface area contributed by atoms with E-state index >= 15 is 0 Å². The highest BCUT2D eigenvalue weighted by Crippen LogP contribution is 2.26. The molecule has 144 valence electrons. The summed E-state index contributed by atoms with van der Waals surface area (Å²) >= 11 is 0. The predicted octanol–water partition coefficient (Wildman–Crippen LogP) is 2.91. The molecule has 1 amide bonds. The Morgan fingerprint density at radius 3 is 2.75 bits per heavy atom. The first-order chi connectivity index (χ1) is 13.4. The van der Waals surface area contributed by atoms with Crippen molar-refractivity contribution < 1.29 is 13.6 Å². The summed E-state index contributed by atoms with van der Waals surface area (Å²) in [6.07, 6.45) is 1.95. The fourth-order valence-electron chi connectivity index (χ4n) is 3.30. The van der Waals surface area contributed by atoms with Gasteiger partial charge in [-0.2, -0.15) is 5.10 Å². The van der Waals surface area contributed by atoms with E-state index in [9.17, 15) is 13.6 Å². The minimum Gasteiger partial charge on any atom is -0.397 e. The lowest BCUT2D eigenvalue weighted by atomic mass is 10.1. The number of halogens is 2. The van der Waals surface area contributed by atoms with Gasteiger partial charge in [0.05, 0.1) is 35.7 Å². The molecule has 1 aromatic carbocycles. The van der Waals surface area contributed by atoms with Crippen LogP contribution in [0.4, 0.5) is 14.5 Å². The smallest absolute Gasteiger partial charge is 0.229 e. The van der Waals surface area contributed by atoms with Crippen LogP contribution in [0.25, 0.3) is 11.3 Å². The fourth-order valence-corrected chi connectivity index (χ4v) is 3.30. The summed E-state index contributed by atoms with van der Waals surface area (Å²) in [6, 6.07) is 6.42. The minimum absolute atomic E-state index is 0.000535. The summed E-state index contributed by atoms with van der Waals surface area (Å²) < 4.78 is 29.1. The standard InChI is InChI=1S/C20H19F2N5O/c1-2-27-10-12-9-26(11-19(12)25-27)20(28)8-18-16(23)5-6-17(24-18)14-4-3-13(21)7-15(14)22/h3-7,10H,2,8-9,11,23H2,1H3. The molecule has 0 radical (unpaired) electrons. The Morgan fingerprint density at radius 2 is 2.04 bits per heavy atom. The number of carbonyl (C=O) groups is 1. The van der Waals surface area contributed by atoms with Gasteiger partial charge in [-0.05, 0) is 31.2 Å². The molecule has 0 aliphatic carbocycles. The number of carbonyl (C=O) groups excluding carboxylic acids is 1. The van der Waals surface area contributed by atoms with Crippen LogP contribution in [-0.4, -0.2) is 25.6 Å². The molecule has 2 N–H and O–H groups in total. The fraction of sp³-hybridized carbons (Fsp3) is 0.250. The monoisotopic (exact) mass is 383 g/mol. The van der Waals surface area contributed by atoms with Crippen molar-refractivity contribution in [2.24, 2.45) is 0 Å². The van der Waals surface area contributed by atoms with Gasteiger partial charge in [-0.25, -0.2) is 8.78 Å². The van der Waals surface area contributed by atoms with Crippen molar-refractivity contribution in [1.82, 2.24) is 19.7 Å². The van der Waals surface area contributed by atoms with Gasteiger partial charge in [0.2, 0.25) is 5.91 Å². The molecule has 0 spiro atoms. The first-order valence-corrected chi connectivity index (χ1v) is 8.98. The van der Waals surface area contributed by atoms with E-state index < -0.39 is 11.6 Å². The molecular weight excluding hydrogens is 364 g/mol. The lowest BCUT2D eigenvalue weighted by Crippen LogP contribution is -2.28. The first kappa shape index (κ1) is 18.1. The maximum absolute atomic E-state index is 14.1. The number of aromatic nitrogens is 3. The highest BCUT2D eigenvalue weighted by Gasteiger charge is 2.27. The van der Waals surface area contributed by atoms with Crippen LogP contribution in [0.3, 0.4) is 0 Å². The van der Waals surface area contributed by atoms with E-state index in [1.165, 1.54) is 6.07 Å². The van der Waals surface area contributed by atoms with E-state index in [4.69, 9.17) is 5.73 Å². The van der Waals surface area contributed by atoms with Crippen molar-refractivity contribution in [3.05, 3.63) is 65.1 Å². The molecule has 6 nitrogen and oxygen atoms in total. The lowest BCUT2D eigenvalue weighted by Gasteiger charge is -2.16. The zero-order chi connectivity index (χ0) is 19.8. The van der Waals surface area contributed by atoms with Crippen molar-refractivity contribution in [1.29, 1.82) is 0 Å². The number of nitrogens with zero attached hydrogens (tertiary/aromatic N) is 4. The summed E-state index contributed by atoms with van der Waals surface area (Å²) in [7, 11) is 0. The largest absolute Gasteiger partial charge is 0.397 e. The molecule has 0 unspecified atom stereocenters. The molecule has 4 rings (SSSR count). The molecule has 8 heteroatoms. The van der Waals surface area contributed by atoms with Gasteiger partial charge < -0.3 is 10.6 Å². The highest BCUT2D eigenvalue weighted by atomic mass is 19.1. The topological polar surface area (TPSA) is 77.0 Å². The number of pyridine rings is 1. The molecule has 2 aromatic heterocycles. The maximum Gasteiger partial charge on any atom is 0.229 e. The van der Waals surface area contributed by atoms with Gasteiger partial charge in [0, 0.05) is 36.5 Å². The van der Waals surface area contributed by atoms with Crippen LogP contribution >= 0.6 is 0 Å². The van der Waals surface area contributed by atoms with Gasteiger partial charge in [-0.15, -0.1) is 0 Å². The van der Waals surface area contributed by atoms with Crippen LogP contribution in [0.1, 0.15) is 23.9 Å². The maximum atomic E-state index is 14.1. The van der Waals surface area contributed by atoms with Crippen molar-refractivity contribution in [3.63, 3.8) is 0 Å². The van der Waals surface area contributed by atoms with Crippen molar-refractivity contribution >= 4 is 11.6 Å². The zero-order valence-electron chi connectivity index (χ0n) is 15.3. The van der Waals surface area contributed by atoms with E-state index in [-0.39, 0.29) is 17.9 Å². The Hall–Kier alpha value is -3.29. The number of nitrogens with two attached hydrogens (primary N) is 1. The molecule has 0 atom stereocenters. The van der Waals surface area contributed by atoms with Gasteiger partial charge in [-0.3, -0.25) is 14.5 Å². The number of hydrogen-bond donors (Lipinski definition) is 1. The quantitative estimate of drug-likeness (QED) is 0.752. The SMILES string of the molecule is CCn1cc2c(n1)CN(C(=O)Cc1nc(-c3ccc(F)cc3F)ccc1N)C2. The zero-order valence-corrected chi connectivity index (χ0v) is 15.3. The summed E-state index contributed by atoms with van der Waals surface area (Å²) in [5.41, 5.74) is 9.10. The summed E-state index contributed by atoms with van der Waals surface area (Å²) in [6.45, 7) is 3.75. The Balaban J connectivity index is 1.53. The van der Waals surface area contributed by atoms with Gasteiger partial charge in [0.25, 0.3) is 0 Å². The van der Waals surface area contributed by atoms with Gasteiger partial charge in [0.1, 0.15) is 11.6 Å². The van der Waals surface area contributed by atoms with E-state index in [1.807, 2.05) is 17.8 Å². The highest BCUT2D eigenvalue weighted by molar-refractivity contribution is 5.80. The molecule has 1 aliphatic heterocycles. The second kappa shape index (κ2) is 7.03. The van der Waals surface area contributed by atoms with E-state index in [0.717, 1.165) is 29.9 Å². The van der Waals surface area contributed by atoms with Crippen molar-refractivity contribution in [3.8, 4) is 11.3 Å². The second-order valence-electron chi connectivity index (χ2n) is 6.74.